The van der Waals surface area contributed by atoms with E-state index in [-0.39, 0.29) is 5.78 Å². The van der Waals surface area contributed by atoms with E-state index in [4.69, 9.17) is 5.26 Å². The van der Waals surface area contributed by atoms with Crippen LogP contribution in [0.1, 0.15) is 41.0 Å². The monoisotopic (exact) mass is 155 g/mol. The average Bonchev–Trinajstić information content (AvgIpc) is 2.06. The maximum atomic E-state index is 10.7. The van der Waals surface area contributed by atoms with Gasteiger partial charge in [0.25, 0.3) is 0 Å². The SMILES string of the molecule is CC.CCC(C)(C#N)C(C)=O. The fourth-order valence-electron chi connectivity index (χ4n) is 0.407. The quantitative estimate of drug-likeness (QED) is 0.614. The molecule has 0 radical (unpaired) electrons. The Morgan fingerprint density at radius 1 is 1.55 bits per heavy atom. The highest BCUT2D eigenvalue weighted by Gasteiger charge is 2.26. The van der Waals surface area contributed by atoms with Crippen LogP contribution in [0.15, 0.2) is 0 Å². The first-order valence-corrected chi connectivity index (χ1v) is 3.99. The van der Waals surface area contributed by atoms with E-state index in [9.17, 15) is 4.79 Å². The van der Waals surface area contributed by atoms with Crippen molar-refractivity contribution in [1.82, 2.24) is 0 Å². The molecule has 0 amide bonds. The van der Waals surface area contributed by atoms with Crippen molar-refractivity contribution in [2.45, 2.75) is 41.0 Å². The van der Waals surface area contributed by atoms with Gasteiger partial charge in [0, 0.05) is 0 Å². The number of Topliss-reactive ketones (excluding diaryl/α,β-unsaturated/α-hetero) is 1. The molecule has 11 heavy (non-hydrogen) atoms. The Morgan fingerprint density at radius 3 is 1.91 bits per heavy atom. The molecule has 0 aliphatic rings. The smallest absolute Gasteiger partial charge is 0.149 e. The summed E-state index contributed by atoms with van der Waals surface area (Å²) in [6, 6.07) is 1.98. The maximum Gasteiger partial charge on any atom is 0.149 e. The van der Waals surface area contributed by atoms with Crippen molar-refractivity contribution in [2.24, 2.45) is 5.41 Å². The molecule has 2 heteroatoms. The van der Waals surface area contributed by atoms with Crippen LogP contribution in [0, 0.1) is 16.7 Å². The highest BCUT2D eigenvalue weighted by atomic mass is 16.1. The summed E-state index contributed by atoms with van der Waals surface area (Å²) in [4.78, 5) is 10.7. The van der Waals surface area contributed by atoms with E-state index < -0.39 is 5.41 Å². The zero-order valence-corrected chi connectivity index (χ0v) is 8.06. The van der Waals surface area contributed by atoms with Gasteiger partial charge in [-0.2, -0.15) is 5.26 Å². The third-order valence-corrected chi connectivity index (χ3v) is 1.73. The Kier molecular flexibility index (Phi) is 6.88. The highest BCUT2D eigenvalue weighted by Crippen LogP contribution is 2.19. The summed E-state index contributed by atoms with van der Waals surface area (Å²) in [5.41, 5.74) is -0.750. The molecule has 0 aromatic carbocycles. The van der Waals surface area contributed by atoms with Gasteiger partial charge in [0.2, 0.25) is 0 Å². The lowest BCUT2D eigenvalue weighted by Gasteiger charge is -2.13. The fourth-order valence-corrected chi connectivity index (χ4v) is 0.407. The first kappa shape index (κ1) is 12.8. The molecule has 0 N–H and O–H groups in total. The van der Waals surface area contributed by atoms with Crippen LogP contribution in [0.4, 0.5) is 0 Å². The Balaban J connectivity index is 0. The van der Waals surface area contributed by atoms with Crippen molar-refractivity contribution >= 4 is 5.78 Å². The molecule has 0 aromatic heterocycles. The predicted octanol–water partition coefficient (Wildman–Crippen LogP) is 2.54. The summed E-state index contributed by atoms with van der Waals surface area (Å²) in [6.45, 7) is 8.95. The molecule has 0 aromatic rings. The summed E-state index contributed by atoms with van der Waals surface area (Å²) >= 11 is 0. The Morgan fingerprint density at radius 2 is 1.91 bits per heavy atom. The van der Waals surface area contributed by atoms with Crippen LogP contribution in [-0.2, 0) is 4.79 Å². The molecule has 0 aliphatic heterocycles. The predicted molar refractivity (Wildman–Crippen MR) is 46.0 cm³/mol. The molecule has 1 unspecified atom stereocenters. The van der Waals surface area contributed by atoms with Crippen molar-refractivity contribution in [3.05, 3.63) is 0 Å². The van der Waals surface area contributed by atoms with E-state index in [1.807, 2.05) is 26.8 Å². The molecular weight excluding hydrogens is 138 g/mol. The maximum absolute atomic E-state index is 10.7. The van der Waals surface area contributed by atoms with Gasteiger partial charge in [-0.1, -0.05) is 20.8 Å². The molecule has 0 bridgehead atoms. The van der Waals surface area contributed by atoms with Crippen LogP contribution in [0.2, 0.25) is 0 Å². The third kappa shape index (κ3) is 3.77. The lowest BCUT2D eigenvalue weighted by atomic mass is 9.86. The minimum Gasteiger partial charge on any atom is -0.298 e. The number of rotatable bonds is 2. The van der Waals surface area contributed by atoms with Crippen molar-refractivity contribution in [1.29, 1.82) is 5.26 Å². The fraction of sp³-hybridized carbons (Fsp3) is 0.778. The van der Waals surface area contributed by atoms with Gasteiger partial charge < -0.3 is 0 Å². The van der Waals surface area contributed by atoms with E-state index >= 15 is 0 Å². The summed E-state index contributed by atoms with van der Waals surface area (Å²) < 4.78 is 0. The minimum atomic E-state index is -0.750. The molecule has 0 saturated carbocycles. The summed E-state index contributed by atoms with van der Waals surface area (Å²) in [5.74, 6) is -0.0486. The lowest BCUT2D eigenvalue weighted by Crippen LogP contribution is -2.21. The first-order chi connectivity index (χ1) is 5.06. The summed E-state index contributed by atoms with van der Waals surface area (Å²) in [6.07, 6.45) is 0.596. The zero-order chi connectivity index (χ0) is 9.49. The Labute approximate surface area is 69.2 Å². The minimum absolute atomic E-state index is 0.0486. The molecule has 2 nitrogen and oxygen atoms in total. The van der Waals surface area contributed by atoms with E-state index in [1.54, 1.807) is 6.92 Å². The largest absolute Gasteiger partial charge is 0.298 e. The van der Waals surface area contributed by atoms with Gasteiger partial charge in [-0.3, -0.25) is 4.79 Å². The van der Waals surface area contributed by atoms with Gasteiger partial charge in [0.1, 0.15) is 11.2 Å². The van der Waals surface area contributed by atoms with E-state index in [2.05, 4.69) is 0 Å². The second-order valence-corrected chi connectivity index (χ2v) is 2.35. The van der Waals surface area contributed by atoms with Gasteiger partial charge in [-0.25, -0.2) is 0 Å². The van der Waals surface area contributed by atoms with Crippen molar-refractivity contribution in [3.8, 4) is 6.07 Å². The molecule has 64 valence electrons. The number of nitrogens with zero attached hydrogens (tertiary/aromatic N) is 1. The number of hydrogen-bond acceptors (Lipinski definition) is 2. The molecule has 0 aliphatic carbocycles. The van der Waals surface area contributed by atoms with Gasteiger partial charge in [0.15, 0.2) is 0 Å². The van der Waals surface area contributed by atoms with Crippen LogP contribution in [0.25, 0.3) is 0 Å². The van der Waals surface area contributed by atoms with Crippen LogP contribution in [0.3, 0.4) is 0 Å². The molecule has 0 spiro atoms. The lowest BCUT2D eigenvalue weighted by molar-refractivity contribution is -0.123. The number of carbonyl (C=O) groups is 1. The summed E-state index contributed by atoms with van der Waals surface area (Å²) in [7, 11) is 0. The van der Waals surface area contributed by atoms with Gasteiger partial charge in [-0.05, 0) is 20.3 Å². The zero-order valence-electron chi connectivity index (χ0n) is 8.06. The van der Waals surface area contributed by atoms with Gasteiger partial charge in [0.05, 0.1) is 6.07 Å². The average molecular weight is 155 g/mol. The van der Waals surface area contributed by atoms with E-state index in [1.165, 1.54) is 6.92 Å². The van der Waals surface area contributed by atoms with Gasteiger partial charge in [-0.15, -0.1) is 0 Å². The molecule has 1 atom stereocenters. The molecule has 0 rings (SSSR count). The van der Waals surface area contributed by atoms with Crippen molar-refractivity contribution in [2.75, 3.05) is 0 Å². The highest BCUT2D eigenvalue weighted by molar-refractivity contribution is 5.84. The second-order valence-electron chi connectivity index (χ2n) is 2.35. The molecular formula is C9H17NO. The first-order valence-electron chi connectivity index (χ1n) is 3.99. The molecule has 0 fully saturated rings. The standard InChI is InChI=1S/C7H11NO.C2H6/c1-4-7(3,5-8)6(2)9;1-2/h4H2,1-3H3;1-2H3. The van der Waals surface area contributed by atoms with Crippen LogP contribution in [0.5, 0.6) is 0 Å². The van der Waals surface area contributed by atoms with E-state index in [0.29, 0.717) is 6.42 Å². The number of nitriles is 1. The van der Waals surface area contributed by atoms with Crippen LogP contribution >= 0.6 is 0 Å². The normalized spacial score (nSPS) is 13.5. The number of hydrogen-bond donors (Lipinski definition) is 0. The number of ketones is 1. The third-order valence-electron chi connectivity index (χ3n) is 1.73. The second kappa shape index (κ2) is 5.91. The summed E-state index contributed by atoms with van der Waals surface area (Å²) in [5, 5.41) is 8.48. The number of carbonyl (C=O) groups excluding carboxylic acids is 1. The Hall–Kier alpha value is -0.840. The topological polar surface area (TPSA) is 40.9 Å². The van der Waals surface area contributed by atoms with Crippen molar-refractivity contribution < 1.29 is 4.79 Å². The van der Waals surface area contributed by atoms with Gasteiger partial charge >= 0.3 is 0 Å². The molecule has 0 heterocycles. The molecule has 0 saturated heterocycles. The Bertz CT molecular complexity index is 157. The van der Waals surface area contributed by atoms with Crippen LogP contribution in [-0.4, -0.2) is 5.78 Å². The van der Waals surface area contributed by atoms with E-state index in [0.717, 1.165) is 0 Å². The van der Waals surface area contributed by atoms with Crippen LogP contribution < -0.4 is 0 Å². The van der Waals surface area contributed by atoms with Crippen molar-refractivity contribution in [3.63, 3.8) is 0 Å².